The summed E-state index contributed by atoms with van der Waals surface area (Å²) in [5.74, 6) is 5.78. The van der Waals surface area contributed by atoms with Crippen molar-refractivity contribution in [1.82, 2.24) is 5.43 Å². The highest BCUT2D eigenvalue weighted by atomic mass is 79.9. The van der Waals surface area contributed by atoms with Gasteiger partial charge in [0.05, 0.1) is 10.7 Å². The highest BCUT2D eigenvalue weighted by molar-refractivity contribution is 9.10. The fraction of sp³-hybridized carbons (Fsp3) is 0.0909. The predicted octanol–water partition coefficient (Wildman–Crippen LogP) is 3.50. The Hall–Kier alpha value is -0.690. The van der Waals surface area contributed by atoms with E-state index in [-0.39, 0.29) is 5.82 Å². The van der Waals surface area contributed by atoms with Crippen LogP contribution in [0.1, 0.15) is 17.4 Å². The highest BCUT2D eigenvalue weighted by Crippen LogP contribution is 2.33. The maximum absolute atomic E-state index is 13.3. The lowest BCUT2D eigenvalue weighted by atomic mass is 10.1. The zero-order valence-corrected chi connectivity index (χ0v) is 11.8. The highest BCUT2D eigenvalue weighted by Gasteiger charge is 2.21. The lowest BCUT2D eigenvalue weighted by Gasteiger charge is -2.16. The molecule has 2 rings (SSSR count). The maximum atomic E-state index is 13.3. The van der Waals surface area contributed by atoms with Crippen molar-refractivity contribution >= 4 is 31.9 Å². The largest absolute Gasteiger partial charge is 0.466 e. The number of halogens is 3. The molecule has 1 aromatic carbocycles. The van der Waals surface area contributed by atoms with Crippen LogP contribution in [0.4, 0.5) is 4.39 Å². The van der Waals surface area contributed by atoms with Gasteiger partial charge in [-0.1, -0.05) is 15.9 Å². The molecule has 0 fully saturated rings. The molecule has 0 radical (unpaired) electrons. The molecule has 0 bridgehead atoms. The molecule has 0 aliphatic carbocycles. The number of benzene rings is 1. The van der Waals surface area contributed by atoms with Gasteiger partial charge in [-0.3, -0.25) is 5.84 Å². The van der Waals surface area contributed by atoms with Gasteiger partial charge in [0.25, 0.3) is 0 Å². The molecule has 17 heavy (non-hydrogen) atoms. The number of nitrogens with one attached hydrogen (secondary N) is 1. The predicted molar refractivity (Wildman–Crippen MR) is 69.7 cm³/mol. The fourth-order valence-electron chi connectivity index (χ4n) is 1.55. The SMILES string of the molecule is NNC(c1cc(F)ccc1Br)c1occc1Br. The van der Waals surface area contributed by atoms with Crippen LogP contribution in [0.3, 0.4) is 0 Å². The molecule has 3 N–H and O–H groups in total. The molecule has 1 atom stereocenters. The summed E-state index contributed by atoms with van der Waals surface area (Å²) in [6.45, 7) is 0. The Morgan fingerprint density at radius 3 is 2.59 bits per heavy atom. The number of nitrogens with two attached hydrogens (primary N) is 1. The molecular formula is C11H9Br2FN2O. The van der Waals surface area contributed by atoms with Crippen LogP contribution in [-0.4, -0.2) is 0 Å². The third-order valence-corrected chi connectivity index (χ3v) is 3.72. The first-order valence-corrected chi connectivity index (χ1v) is 6.36. The first-order valence-electron chi connectivity index (χ1n) is 4.77. The molecule has 0 saturated carbocycles. The van der Waals surface area contributed by atoms with Crippen LogP contribution >= 0.6 is 31.9 Å². The van der Waals surface area contributed by atoms with Crippen LogP contribution in [0.2, 0.25) is 0 Å². The van der Waals surface area contributed by atoms with E-state index in [4.69, 9.17) is 10.3 Å². The van der Waals surface area contributed by atoms with Gasteiger partial charge in [0.1, 0.15) is 17.6 Å². The summed E-state index contributed by atoms with van der Waals surface area (Å²) >= 11 is 6.71. The van der Waals surface area contributed by atoms with Crippen LogP contribution in [0, 0.1) is 5.82 Å². The van der Waals surface area contributed by atoms with Gasteiger partial charge in [-0.2, -0.15) is 0 Å². The van der Waals surface area contributed by atoms with Crippen molar-refractivity contribution in [3.8, 4) is 0 Å². The van der Waals surface area contributed by atoms with Crippen molar-refractivity contribution in [2.75, 3.05) is 0 Å². The summed E-state index contributed by atoms with van der Waals surface area (Å²) in [6, 6.07) is 5.74. The summed E-state index contributed by atoms with van der Waals surface area (Å²) in [6.07, 6.45) is 1.54. The van der Waals surface area contributed by atoms with E-state index in [1.807, 2.05) is 0 Å². The maximum Gasteiger partial charge on any atom is 0.140 e. The topological polar surface area (TPSA) is 51.2 Å². The van der Waals surface area contributed by atoms with Crippen molar-refractivity contribution in [1.29, 1.82) is 0 Å². The minimum atomic E-state index is -0.426. The van der Waals surface area contributed by atoms with Crippen molar-refractivity contribution in [2.45, 2.75) is 6.04 Å². The summed E-state index contributed by atoms with van der Waals surface area (Å²) in [7, 11) is 0. The molecule has 6 heteroatoms. The molecule has 0 aliphatic heterocycles. The molecule has 0 aliphatic rings. The lowest BCUT2D eigenvalue weighted by molar-refractivity contribution is 0.448. The van der Waals surface area contributed by atoms with Gasteiger partial charge in [0.15, 0.2) is 0 Å². The number of hydrogen-bond donors (Lipinski definition) is 2. The second-order valence-electron chi connectivity index (χ2n) is 3.40. The second kappa shape index (κ2) is 5.30. The van der Waals surface area contributed by atoms with Gasteiger partial charge < -0.3 is 4.42 Å². The van der Waals surface area contributed by atoms with Crippen molar-refractivity contribution in [3.63, 3.8) is 0 Å². The Morgan fingerprint density at radius 1 is 1.24 bits per heavy atom. The van der Waals surface area contributed by atoms with E-state index in [0.717, 1.165) is 8.95 Å². The van der Waals surface area contributed by atoms with Crippen molar-refractivity contribution in [2.24, 2.45) is 5.84 Å². The smallest absolute Gasteiger partial charge is 0.140 e. The van der Waals surface area contributed by atoms with E-state index in [9.17, 15) is 4.39 Å². The number of hydrogen-bond acceptors (Lipinski definition) is 3. The number of furan rings is 1. The Bertz CT molecular complexity index is 530. The Morgan fingerprint density at radius 2 is 2.00 bits per heavy atom. The van der Waals surface area contributed by atoms with Crippen LogP contribution in [0.5, 0.6) is 0 Å². The molecule has 1 aromatic heterocycles. The van der Waals surface area contributed by atoms with Gasteiger partial charge >= 0.3 is 0 Å². The van der Waals surface area contributed by atoms with Crippen LogP contribution < -0.4 is 11.3 Å². The third-order valence-electron chi connectivity index (χ3n) is 2.34. The molecule has 1 unspecified atom stereocenters. The standard InChI is InChI=1S/C11H9Br2FN2O/c12-8-2-1-6(14)5-7(8)10(16-15)11-9(13)3-4-17-11/h1-5,10,16H,15H2. The fourth-order valence-corrected chi connectivity index (χ4v) is 2.46. The number of rotatable bonds is 3. The van der Waals surface area contributed by atoms with Crippen LogP contribution in [-0.2, 0) is 0 Å². The van der Waals surface area contributed by atoms with Gasteiger partial charge in [-0.25, -0.2) is 9.82 Å². The van der Waals surface area contributed by atoms with E-state index in [0.29, 0.717) is 11.3 Å². The van der Waals surface area contributed by atoms with Crippen molar-refractivity contribution in [3.05, 3.63) is 56.6 Å². The summed E-state index contributed by atoms with van der Waals surface area (Å²) in [4.78, 5) is 0. The monoisotopic (exact) mass is 362 g/mol. The normalized spacial score (nSPS) is 12.7. The Balaban J connectivity index is 2.49. The van der Waals surface area contributed by atoms with Gasteiger partial charge in [0.2, 0.25) is 0 Å². The van der Waals surface area contributed by atoms with Gasteiger partial charge in [0, 0.05) is 4.47 Å². The zero-order chi connectivity index (χ0) is 12.4. The molecule has 1 heterocycles. The minimum absolute atomic E-state index is 0.328. The zero-order valence-electron chi connectivity index (χ0n) is 8.58. The molecule has 3 nitrogen and oxygen atoms in total. The molecular weight excluding hydrogens is 355 g/mol. The first kappa shape index (κ1) is 12.8. The minimum Gasteiger partial charge on any atom is -0.466 e. The molecule has 90 valence electrons. The quantitative estimate of drug-likeness (QED) is 0.648. The van der Waals surface area contributed by atoms with E-state index in [1.165, 1.54) is 18.4 Å². The average molecular weight is 364 g/mol. The number of hydrazine groups is 1. The summed E-state index contributed by atoms with van der Waals surface area (Å²) in [5.41, 5.74) is 3.28. The Labute approximate surface area is 114 Å². The first-order chi connectivity index (χ1) is 8.13. The van der Waals surface area contributed by atoms with E-state index in [2.05, 4.69) is 37.3 Å². The van der Waals surface area contributed by atoms with E-state index < -0.39 is 6.04 Å². The molecule has 0 saturated heterocycles. The van der Waals surface area contributed by atoms with Crippen LogP contribution in [0.25, 0.3) is 0 Å². The second-order valence-corrected chi connectivity index (χ2v) is 5.11. The summed E-state index contributed by atoms with van der Waals surface area (Å²) < 4.78 is 20.1. The van der Waals surface area contributed by atoms with E-state index >= 15 is 0 Å². The third kappa shape index (κ3) is 2.60. The van der Waals surface area contributed by atoms with Gasteiger partial charge in [-0.15, -0.1) is 0 Å². The molecule has 0 amide bonds. The molecule has 2 aromatic rings. The van der Waals surface area contributed by atoms with Crippen molar-refractivity contribution < 1.29 is 8.81 Å². The van der Waals surface area contributed by atoms with Gasteiger partial charge in [-0.05, 0) is 45.8 Å². The van der Waals surface area contributed by atoms with E-state index in [1.54, 1.807) is 12.1 Å². The lowest BCUT2D eigenvalue weighted by Crippen LogP contribution is -2.29. The average Bonchev–Trinajstić information content (AvgIpc) is 2.71. The molecule has 0 spiro atoms. The Kier molecular flexibility index (Phi) is 3.98. The van der Waals surface area contributed by atoms with Crippen LogP contribution in [0.15, 0.2) is 43.9 Å². The summed E-state index contributed by atoms with van der Waals surface area (Å²) in [5, 5.41) is 0.